The third-order valence-corrected chi connectivity index (χ3v) is 6.17. The number of nitrogens with zero attached hydrogens (tertiary/aromatic N) is 2. The predicted molar refractivity (Wildman–Crippen MR) is 81.2 cm³/mol. The summed E-state index contributed by atoms with van der Waals surface area (Å²) in [6, 6.07) is 1.19. The number of sulfonamides is 1. The molecule has 0 spiro atoms. The van der Waals surface area contributed by atoms with E-state index in [0.717, 1.165) is 13.0 Å². The maximum absolute atomic E-state index is 13.6. The third-order valence-electron chi connectivity index (χ3n) is 3.98. The molecule has 1 fully saturated rings. The average Bonchev–Trinajstić information content (AvgIpc) is 2.61. The second kappa shape index (κ2) is 5.90. The van der Waals surface area contributed by atoms with Crippen LogP contribution in [0.2, 0.25) is 0 Å². The van der Waals surface area contributed by atoms with Crippen molar-refractivity contribution in [1.82, 2.24) is 9.21 Å². The molecule has 0 saturated carbocycles. The van der Waals surface area contributed by atoms with Crippen molar-refractivity contribution in [2.75, 3.05) is 39.0 Å². The minimum absolute atomic E-state index is 0.0916. The van der Waals surface area contributed by atoms with Crippen LogP contribution in [0.4, 0.5) is 10.1 Å². The van der Waals surface area contributed by atoms with Gasteiger partial charge in [0.15, 0.2) is 0 Å². The summed E-state index contributed by atoms with van der Waals surface area (Å²) >= 11 is 0. The van der Waals surface area contributed by atoms with Crippen molar-refractivity contribution in [3.05, 3.63) is 23.0 Å². The van der Waals surface area contributed by atoms with Gasteiger partial charge in [-0.05, 0) is 51.1 Å². The molecule has 5 nitrogen and oxygen atoms in total. The SMILES string of the molecule is Cc1cc(F)c(N)c(C)c1S(=O)(=O)N1CCCN(C)CC1. The highest BCUT2D eigenvalue weighted by atomic mass is 32.2. The molecule has 1 aromatic carbocycles. The van der Waals surface area contributed by atoms with Crippen molar-refractivity contribution in [1.29, 1.82) is 0 Å². The lowest BCUT2D eigenvalue weighted by molar-refractivity contribution is 0.347. The standard InChI is InChI=1S/C14H22FN3O2S/c1-10-9-12(15)13(16)11(2)14(10)21(19,20)18-6-4-5-17(3)7-8-18/h9H,4-8,16H2,1-3H3. The summed E-state index contributed by atoms with van der Waals surface area (Å²) in [4.78, 5) is 2.25. The van der Waals surface area contributed by atoms with Gasteiger partial charge in [0, 0.05) is 19.6 Å². The van der Waals surface area contributed by atoms with Gasteiger partial charge >= 0.3 is 0 Å². The lowest BCUT2D eigenvalue weighted by Gasteiger charge is -2.23. The summed E-state index contributed by atoms with van der Waals surface area (Å²) in [6.07, 6.45) is 0.782. The molecule has 1 aliphatic heterocycles. The summed E-state index contributed by atoms with van der Waals surface area (Å²) in [6.45, 7) is 5.63. The van der Waals surface area contributed by atoms with E-state index in [0.29, 0.717) is 30.8 Å². The van der Waals surface area contributed by atoms with Gasteiger partial charge in [0.25, 0.3) is 0 Å². The van der Waals surface area contributed by atoms with E-state index in [2.05, 4.69) is 4.90 Å². The first-order chi connectivity index (χ1) is 9.75. The topological polar surface area (TPSA) is 66.6 Å². The molecule has 1 aromatic rings. The van der Waals surface area contributed by atoms with E-state index in [1.165, 1.54) is 10.4 Å². The van der Waals surface area contributed by atoms with Crippen LogP contribution in [0.25, 0.3) is 0 Å². The number of aryl methyl sites for hydroxylation is 1. The number of halogens is 1. The largest absolute Gasteiger partial charge is 0.396 e. The molecule has 0 aromatic heterocycles. The zero-order chi connectivity index (χ0) is 15.8. The molecule has 0 bridgehead atoms. The highest BCUT2D eigenvalue weighted by Crippen LogP contribution is 2.30. The number of hydrogen-bond donors (Lipinski definition) is 1. The lowest BCUT2D eigenvalue weighted by Crippen LogP contribution is -2.35. The van der Waals surface area contributed by atoms with Crippen LogP contribution >= 0.6 is 0 Å². The Labute approximate surface area is 125 Å². The van der Waals surface area contributed by atoms with Gasteiger partial charge in [-0.2, -0.15) is 4.31 Å². The Morgan fingerprint density at radius 1 is 1.19 bits per heavy atom. The quantitative estimate of drug-likeness (QED) is 0.837. The molecule has 1 saturated heterocycles. The van der Waals surface area contributed by atoms with Crippen molar-refractivity contribution in [2.45, 2.75) is 25.2 Å². The van der Waals surface area contributed by atoms with Crippen LogP contribution in [0, 0.1) is 19.7 Å². The number of anilines is 1. The minimum atomic E-state index is -3.65. The Bertz CT molecular complexity index is 646. The Morgan fingerprint density at radius 3 is 2.52 bits per heavy atom. The van der Waals surface area contributed by atoms with Crippen LogP contribution < -0.4 is 5.73 Å². The maximum atomic E-state index is 13.6. The molecular weight excluding hydrogens is 293 g/mol. The van der Waals surface area contributed by atoms with Crippen LogP contribution in [-0.2, 0) is 10.0 Å². The van der Waals surface area contributed by atoms with Crippen molar-refractivity contribution in [3.8, 4) is 0 Å². The van der Waals surface area contributed by atoms with E-state index in [-0.39, 0.29) is 10.6 Å². The summed E-state index contributed by atoms with van der Waals surface area (Å²) in [7, 11) is -1.67. The minimum Gasteiger partial charge on any atom is -0.396 e. The molecule has 1 heterocycles. The highest BCUT2D eigenvalue weighted by molar-refractivity contribution is 7.89. The number of hydrogen-bond acceptors (Lipinski definition) is 4. The number of nitrogens with two attached hydrogens (primary N) is 1. The maximum Gasteiger partial charge on any atom is 0.243 e. The highest BCUT2D eigenvalue weighted by Gasteiger charge is 2.30. The predicted octanol–water partition coefficient (Wildman–Crippen LogP) is 1.35. The van der Waals surface area contributed by atoms with E-state index in [4.69, 9.17) is 5.73 Å². The van der Waals surface area contributed by atoms with Gasteiger partial charge in [0.2, 0.25) is 10.0 Å². The van der Waals surface area contributed by atoms with Crippen molar-refractivity contribution < 1.29 is 12.8 Å². The monoisotopic (exact) mass is 315 g/mol. The molecule has 0 atom stereocenters. The molecule has 2 N–H and O–H groups in total. The molecule has 7 heteroatoms. The van der Waals surface area contributed by atoms with Crippen LogP contribution in [0.15, 0.2) is 11.0 Å². The van der Waals surface area contributed by atoms with Crippen molar-refractivity contribution in [3.63, 3.8) is 0 Å². The zero-order valence-corrected chi connectivity index (χ0v) is 13.5. The molecule has 118 valence electrons. The van der Waals surface area contributed by atoms with Gasteiger partial charge < -0.3 is 10.6 Å². The first-order valence-corrected chi connectivity index (χ1v) is 8.43. The fourth-order valence-corrected chi connectivity index (χ4v) is 4.63. The molecule has 21 heavy (non-hydrogen) atoms. The van der Waals surface area contributed by atoms with Crippen LogP contribution in [-0.4, -0.2) is 50.8 Å². The third kappa shape index (κ3) is 3.04. The van der Waals surface area contributed by atoms with Crippen molar-refractivity contribution >= 4 is 15.7 Å². The molecule has 2 rings (SSSR count). The fraction of sp³-hybridized carbons (Fsp3) is 0.571. The smallest absolute Gasteiger partial charge is 0.243 e. The Balaban J connectivity index is 2.47. The molecular formula is C14H22FN3O2S. The van der Waals surface area contributed by atoms with Crippen LogP contribution in [0.1, 0.15) is 17.5 Å². The zero-order valence-electron chi connectivity index (χ0n) is 12.7. The molecule has 0 aliphatic carbocycles. The van der Waals surface area contributed by atoms with E-state index >= 15 is 0 Å². The summed E-state index contributed by atoms with van der Waals surface area (Å²) in [5.41, 5.74) is 6.27. The molecule has 0 radical (unpaired) electrons. The number of likely N-dealkylation sites (N-methyl/N-ethyl adjacent to an activating group) is 1. The van der Waals surface area contributed by atoms with E-state index in [9.17, 15) is 12.8 Å². The Hall–Kier alpha value is -1.18. The summed E-state index contributed by atoms with van der Waals surface area (Å²) < 4.78 is 40.9. The first kappa shape index (κ1) is 16.2. The van der Waals surface area contributed by atoms with Crippen LogP contribution in [0.5, 0.6) is 0 Å². The Kier molecular flexibility index (Phi) is 4.55. The second-order valence-electron chi connectivity index (χ2n) is 5.60. The lowest BCUT2D eigenvalue weighted by atomic mass is 10.1. The number of nitrogen functional groups attached to an aromatic ring is 1. The molecule has 1 aliphatic rings. The Morgan fingerprint density at radius 2 is 1.86 bits per heavy atom. The molecule has 0 amide bonds. The van der Waals surface area contributed by atoms with E-state index in [1.807, 2.05) is 7.05 Å². The summed E-state index contributed by atoms with van der Waals surface area (Å²) in [5.74, 6) is -0.570. The second-order valence-corrected chi connectivity index (χ2v) is 7.48. The average molecular weight is 315 g/mol. The van der Waals surface area contributed by atoms with Gasteiger partial charge in [-0.15, -0.1) is 0 Å². The van der Waals surface area contributed by atoms with Gasteiger partial charge in [-0.25, -0.2) is 12.8 Å². The van der Waals surface area contributed by atoms with Gasteiger partial charge in [0.1, 0.15) is 5.82 Å². The fourth-order valence-electron chi connectivity index (χ4n) is 2.72. The van der Waals surface area contributed by atoms with Gasteiger partial charge in [-0.3, -0.25) is 0 Å². The van der Waals surface area contributed by atoms with Gasteiger partial charge in [-0.1, -0.05) is 0 Å². The van der Waals surface area contributed by atoms with E-state index in [1.54, 1.807) is 13.8 Å². The number of rotatable bonds is 2. The van der Waals surface area contributed by atoms with E-state index < -0.39 is 15.8 Å². The first-order valence-electron chi connectivity index (χ1n) is 6.99. The van der Waals surface area contributed by atoms with Crippen LogP contribution in [0.3, 0.4) is 0 Å². The van der Waals surface area contributed by atoms with Crippen molar-refractivity contribution in [2.24, 2.45) is 0 Å². The van der Waals surface area contributed by atoms with Gasteiger partial charge in [0.05, 0.1) is 10.6 Å². The molecule has 0 unspecified atom stereocenters. The normalized spacial score (nSPS) is 18.7. The number of benzene rings is 1. The summed E-state index contributed by atoms with van der Waals surface area (Å²) in [5, 5.41) is 0.